The molecule has 2 aliphatic rings. The number of hydrogen-bond donors (Lipinski definition) is 0. The van der Waals surface area contributed by atoms with Gasteiger partial charge in [-0.05, 0) is 101 Å². The summed E-state index contributed by atoms with van der Waals surface area (Å²) in [6.07, 6.45) is 0.640. The maximum absolute atomic E-state index is 13.0. The number of rotatable bonds is 8. The number of halogens is 3. The Bertz CT molecular complexity index is 1080. The van der Waals surface area contributed by atoms with Crippen molar-refractivity contribution in [1.82, 2.24) is 19.7 Å². The van der Waals surface area contributed by atoms with Crippen molar-refractivity contribution in [3.05, 3.63) is 64.0 Å². The molecule has 196 valence electrons. The fourth-order valence-electron chi connectivity index (χ4n) is 5.80. The van der Waals surface area contributed by atoms with Crippen molar-refractivity contribution in [3.63, 3.8) is 0 Å². The lowest BCUT2D eigenvalue weighted by atomic mass is 9.91. The summed E-state index contributed by atoms with van der Waals surface area (Å²) >= 11 is 0. The van der Waals surface area contributed by atoms with E-state index < -0.39 is 11.7 Å². The van der Waals surface area contributed by atoms with Gasteiger partial charge in [0.25, 0.3) is 5.91 Å². The molecule has 1 amide bonds. The number of carbonyl (C=O) groups is 1. The number of pyridine rings is 1. The Morgan fingerprint density at radius 3 is 2.42 bits per heavy atom. The molecule has 0 unspecified atom stereocenters. The predicted octanol–water partition coefficient (Wildman–Crippen LogP) is 5.26. The Morgan fingerprint density at radius 1 is 1.08 bits per heavy atom. The van der Waals surface area contributed by atoms with E-state index in [1.807, 2.05) is 0 Å². The summed E-state index contributed by atoms with van der Waals surface area (Å²) in [5.41, 5.74) is 4.70. The van der Waals surface area contributed by atoms with E-state index in [0.717, 1.165) is 38.2 Å². The number of nitrogens with zero attached hydrogens (tertiary/aromatic N) is 4. The van der Waals surface area contributed by atoms with Crippen molar-refractivity contribution in [2.75, 3.05) is 33.7 Å². The molecule has 2 bridgehead atoms. The van der Waals surface area contributed by atoms with Crippen LogP contribution in [-0.4, -0.2) is 71.4 Å². The van der Waals surface area contributed by atoms with Crippen molar-refractivity contribution in [2.45, 2.75) is 70.8 Å². The van der Waals surface area contributed by atoms with Crippen LogP contribution in [0.25, 0.3) is 0 Å². The molecular formula is C28H37F3N4O. The van der Waals surface area contributed by atoms with Crippen molar-refractivity contribution in [3.8, 4) is 0 Å². The minimum absolute atomic E-state index is 0.0615. The number of fused-ring (bicyclic) bond motifs is 2. The van der Waals surface area contributed by atoms with Crippen molar-refractivity contribution in [1.29, 1.82) is 0 Å². The standard InChI is InChI=1S/C28H37F3N4O/c1-18-19(2)25(11-9-21(18)8-6-7-13-33(4)5)20(3)34-16-24-14-23(34)17-35(24)27(36)26-12-10-22(15-32-26)28(29,30)31/h9-12,15,20,23-24H,6-8,13-14,16-17H2,1-5H3/t20-,23+,24+/m0/s1. The Kier molecular flexibility index (Phi) is 7.76. The molecule has 0 aliphatic carbocycles. The molecule has 8 heteroatoms. The van der Waals surface area contributed by atoms with E-state index in [2.05, 4.69) is 61.8 Å². The highest BCUT2D eigenvalue weighted by Gasteiger charge is 2.47. The van der Waals surface area contributed by atoms with Gasteiger partial charge in [0.1, 0.15) is 5.69 Å². The summed E-state index contributed by atoms with van der Waals surface area (Å²) in [6.45, 7) is 9.13. The van der Waals surface area contributed by atoms with E-state index in [1.165, 1.54) is 41.2 Å². The third kappa shape index (κ3) is 5.44. The minimum atomic E-state index is -4.46. The molecule has 3 atom stereocenters. The van der Waals surface area contributed by atoms with Crippen LogP contribution in [0, 0.1) is 13.8 Å². The fourth-order valence-corrected chi connectivity index (χ4v) is 5.80. The first-order valence-electron chi connectivity index (χ1n) is 12.8. The molecule has 2 fully saturated rings. The zero-order chi connectivity index (χ0) is 26.2. The Hall–Kier alpha value is -2.45. The molecule has 1 aromatic heterocycles. The van der Waals surface area contributed by atoms with Crippen LogP contribution < -0.4 is 0 Å². The Balaban J connectivity index is 1.39. The largest absolute Gasteiger partial charge is 0.417 e. The molecule has 2 aliphatic heterocycles. The highest BCUT2D eigenvalue weighted by atomic mass is 19.4. The maximum Gasteiger partial charge on any atom is 0.417 e. The number of unbranched alkanes of at least 4 members (excludes halogenated alkanes) is 1. The molecule has 2 saturated heterocycles. The minimum Gasteiger partial charge on any atom is -0.331 e. The van der Waals surface area contributed by atoms with E-state index in [9.17, 15) is 18.0 Å². The smallest absolute Gasteiger partial charge is 0.331 e. The van der Waals surface area contributed by atoms with Gasteiger partial charge in [-0.1, -0.05) is 12.1 Å². The number of alkyl halides is 3. The third-order valence-corrected chi connectivity index (χ3v) is 8.04. The van der Waals surface area contributed by atoms with Gasteiger partial charge in [-0.3, -0.25) is 14.7 Å². The summed E-state index contributed by atoms with van der Waals surface area (Å²) in [5, 5.41) is 0. The summed E-state index contributed by atoms with van der Waals surface area (Å²) in [7, 11) is 4.22. The van der Waals surface area contributed by atoms with Crippen molar-refractivity contribution in [2.24, 2.45) is 0 Å². The van der Waals surface area contributed by atoms with Crippen LogP contribution in [0.15, 0.2) is 30.5 Å². The quantitative estimate of drug-likeness (QED) is 0.462. The van der Waals surface area contributed by atoms with Gasteiger partial charge in [-0.2, -0.15) is 13.2 Å². The average molecular weight is 503 g/mol. The number of piperazine rings is 1. The third-order valence-electron chi connectivity index (χ3n) is 8.04. The van der Waals surface area contributed by atoms with E-state index in [4.69, 9.17) is 0 Å². The number of aryl methyl sites for hydroxylation is 1. The molecule has 3 heterocycles. The normalized spacial score (nSPS) is 21.0. The molecule has 4 rings (SSSR count). The maximum atomic E-state index is 13.0. The van der Waals surface area contributed by atoms with Gasteiger partial charge in [0.15, 0.2) is 0 Å². The zero-order valence-electron chi connectivity index (χ0n) is 21.9. The van der Waals surface area contributed by atoms with Gasteiger partial charge in [0.05, 0.1) is 5.56 Å². The molecule has 0 N–H and O–H groups in total. The van der Waals surface area contributed by atoms with E-state index in [1.54, 1.807) is 4.90 Å². The Morgan fingerprint density at radius 2 is 1.83 bits per heavy atom. The molecule has 2 aromatic rings. The summed E-state index contributed by atoms with van der Waals surface area (Å²) in [5.74, 6) is -0.283. The van der Waals surface area contributed by atoms with Gasteiger partial charge in [-0.25, -0.2) is 0 Å². The van der Waals surface area contributed by atoms with Crippen LogP contribution in [0.4, 0.5) is 13.2 Å². The lowest BCUT2D eigenvalue weighted by Crippen LogP contribution is -2.49. The molecule has 5 nitrogen and oxygen atoms in total. The highest BCUT2D eigenvalue weighted by molar-refractivity contribution is 5.93. The SMILES string of the molecule is Cc1c(CCCCN(C)C)ccc([C@H](C)N2C[C@H]3C[C@@H]2CN3C(=O)c2ccc(C(F)(F)F)cn2)c1C. The fraction of sp³-hybridized carbons (Fsp3) is 0.571. The number of carbonyl (C=O) groups excluding carboxylic acids is 1. The Labute approximate surface area is 212 Å². The molecule has 0 spiro atoms. The first kappa shape index (κ1) is 26.6. The lowest BCUT2D eigenvalue weighted by molar-refractivity contribution is -0.137. The van der Waals surface area contributed by atoms with Crippen LogP contribution >= 0.6 is 0 Å². The van der Waals surface area contributed by atoms with Gasteiger partial charge in [0.2, 0.25) is 0 Å². The number of hydrogen-bond acceptors (Lipinski definition) is 4. The number of amides is 1. The van der Waals surface area contributed by atoms with Gasteiger partial charge >= 0.3 is 6.18 Å². The monoisotopic (exact) mass is 502 g/mol. The highest BCUT2D eigenvalue weighted by Crippen LogP contribution is 2.39. The number of benzene rings is 1. The topological polar surface area (TPSA) is 39.7 Å². The molecule has 36 heavy (non-hydrogen) atoms. The van der Waals surface area contributed by atoms with E-state index >= 15 is 0 Å². The van der Waals surface area contributed by atoms with E-state index in [-0.39, 0.29) is 29.7 Å². The predicted molar refractivity (Wildman–Crippen MR) is 135 cm³/mol. The summed E-state index contributed by atoms with van der Waals surface area (Å²) in [4.78, 5) is 23.3. The first-order valence-corrected chi connectivity index (χ1v) is 12.8. The number of likely N-dealkylation sites (tertiary alicyclic amines) is 2. The van der Waals surface area contributed by atoms with Gasteiger partial charge in [0, 0.05) is 37.4 Å². The first-order chi connectivity index (χ1) is 17.0. The van der Waals surface area contributed by atoms with Crippen LogP contribution in [0.1, 0.15) is 70.5 Å². The molecular weight excluding hydrogens is 465 g/mol. The average Bonchev–Trinajstić information content (AvgIpc) is 3.44. The molecule has 1 aromatic carbocycles. The van der Waals surface area contributed by atoms with Crippen molar-refractivity contribution >= 4 is 5.91 Å². The molecule has 0 saturated carbocycles. The van der Waals surface area contributed by atoms with Crippen LogP contribution in [-0.2, 0) is 12.6 Å². The second kappa shape index (κ2) is 10.5. The van der Waals surface area contributed by atoms with Gasteiger partial charge in [-0.15, -0.1) is 0 Å². The van der Waals surface area contributed by atoms with Crippen LogP contribution in [0.3, 0.4) is 0 Å². The van der Waals surface area contributed by atoms with Crippen molar-refractivity contribution < 1.29 is 18.0 Å². The second-order valence-electron chi connectivity index (χ2n) is 10.6. The van der Waals surface area contributed by atoms with Crippen LogP contribution in [0.2, 0.25) is 0 Å². The second-order valence-corrected chi connectivity index (χ2v) is 10.6. The van der Waals surface area contributed by atoms with E-state index in [0.29, 0.717) is 6.54 Å². The zero-order valence-corrected chi connectivity index (χ0v) is 21.9. The van der Waals surface area contributed by atoms with Crippen LogP contribution in [0.5, 0.6) is 0 Å². The number of aromatic nitrogens is 1. The summed E-state index contributed by atoms with van der Waals surface area (Å²) < 4.78 is 38.5. The lowest BCUT2D eigenvalue weighted by Gasteiger charge is -2.38. The summed E-state index contributed by atoms with van der Waals surface area (Å²) in [6, 6.07) is 7.22. The molecule has 0 radical (unpaired) electrons. The van der Waals surface area contributed by atoms with Gasteiger partial charge < -0.3 is 9.80 Å².